The lowest BCUT2D eigenvalue weighted by molar-refractivity contribution is -0.115. The Kier molecular flexibility index (Phi) is 5.48. The van der Waals surface area contributed by atoms with Crippen LogP contribution in [0, 0.1) is 0 Å². The zero-order valence-corrected chi connectivity index (χ0v) is 17.4. The van der Waals surface area contributed by atoms with Gasteiger partial charge < -0.3 is 5.32 Å². The van der Waals surface area contributed by atoms with E-state index in [-0.39, 0.29) is 12.3 Å². The molecule has 2 heterocycles. The fourth-order valence-corrected chi connectivity index (χ4v) is 4.72. The van der Waals surface area contributed by atoms with Gasteiger partial charge in [0.2, 0.25) is 5.91 Å². The van der Waals surface area contributed by atoms with Gasteiger partial charge in [-0.05, 0) is 29.6 Å². The first-order valence-electron chi connectivity index (χ1n) is 8.32. The summed E-state index contributed by atoms with van der Waals surface area (Å²) in [6, 6.07) is 19.9. The molecule has 1 N–H and O–H groups in total. The van der Waals surface area contributed by atoms with Crippen LogP contribution >= 0.6 is 38.6 Å². The maximum Gasteiger partial charge on any atom is 0.230 e. The van der Waals surface area contributed by atoms with E-state index in [1.807, 2.05) is 65.4 Å². The Morgan fingerprint density at radius 1 is 1.04 bits per heavy atom. The van der Waals surface area contributed by atoms with Crippen LogP contribution in [-0.4, -0.2) is 10.9 Å². The Balaban J connectivity index is 1.48. The van der Waals surface area contributed by atoms with Crippen molar-refractivity contribution in [2.24, 2.45) is 0 Å². The molecule has 1 amide bonds. The summed E-state index contributed by atoms with van der Waals surface area (Å²) in [5.41, 5.74) is 3.69. The summed E-state index contributed by atoms with van der Waals surface area (Å²) in [6.07, 6.45) is 0.253. The minimum absolute atomic E-state index is 0.0647. The molecule has 0 atom stereocenters. The lowest BCUT2D eigenvalue weighted by Gasteiger charge is -2.09. The number of thiazole rings is 1. The zero-order chi connectivity index (χ0) is 18.6. The van der Waals surface area contributed by atoms with Crippen molar-refractivity contribution in [2.75, 3.05) is 5.32 Å². The molecule has 4 rings (SSSR count). The number of hydrogen-bond donors (Lipinski definition) is 1. The molecular formula is C21H15BrN2OS2. The molecule has 2 aromatic heterocycles. The number of carbonyl (C=O) groups excluding carboxylic acids is 1. The first-order valence-corrected chi connectivity index (χ1v) is 10.9. The van der Waals surface area contributed by atoms with E-state index < -0.39 is 0 Å². The second-order valence-corrected chi connectivity index (χ2v) is 8.62. The fourth-order valence-electron chi connectivity index (χ4n) is 2.74. The van der Waals surface area contributed by atoms with Crippen LogP contribution in [-0.2, 0) is 11.2 Å². The van der Waals surface area contributed by atoms with Crippen LogP contribution in [0.4, 0.5) is 5.69 Å². The predicted molar refractivity (Wildman–Crippen MR) is 117 cm³/mol. The van der Waals surface area contributed by atoms with Crippen molar-refractivity contribution in [1.29, 1.82) is 0 Å². The Bertz CT molecular complexity index is 1070. The molecule has 0 aliphatic carbocycles. The maximum absolute atomic E-state index is 12.6. The van der Waals surface area contributed by atoms with Gasteiger partial charge in [0.05, 0.1) is 12.1 Å². The molecule has 2 aromatic carbocycles. The zero-order valence-electron chi connectivity index (χ0n) is 14.2. The third-order valence-electron chi connectivity index (χ3n) is 3.95. The van der Waals surface area contributed by atoms with E-state index >= 15 is 0 Å². The number of para-hydroxylation sites is 1. The van der Waals surface area contributed by atoms with Crippen molar-refractivity contribution in [1.82, 2.24) is 4.98 Å². The molecule has 0 unspecified atom stereocenters. The van der Waals surface area contributed by atoms with E-state index in [0.29, 0.717) is 0 Å². The summed E-state index contributed by atoms with van der Waals surface area (Å²) in [5, 5.41) is 7.93. The number of nitrogens with one attached hydrogen (secondary N) is 1. The number of halogens is 1. The molecule has 0 aliphatic heterocycles. The number of benzene rings is 2. The number of anilines is 1. The summed E-state index contributed by atoms with van der Waals surface area (Å²) < 4.78 is 1.01. The molecule has 27 heavy (non-hydrogen) atoms. The Labute approximate surface area is 173 Å². The van der Waals surface area contributed by atoms with Crippen molar-refractivity contribution in [3.8, 4) is 21.0 Å². The van der Waals surface area contributed by atoms with Gasteiger partial charge >= 0.3 is 0 Å². The van der Waals surface area contributed by atoms with Crippen molar-refractivity contribution < 1.29 is 4.79 Å². The third kappa shape index (κ3) is 4.35. The van der Waals surface area contributed by atoms with Gasteiger partial charge in [-0.25, -0.2) is 4.98 Å². The number of thiophene rings is 1. The van der Waals surface area contributed by atoms with Crippen LogP contribution < -0.4 is 5.32 Å². The van der Waals surface area contributed by atoms with Gasteiger partial charge in [-0.3, -0.25) is 4.79 Å². The normalized spacial score (nSPS) is 10.7. The van der Waals surface area contributed by atoms with Crippen LogP contribution in [0.25, 0.3) is 21.0 Å². The Hall–Kier alpha value is -2.28. The van der Waals surface area contributed by atoms with E-state index in [9.17, 15) is 4.79 Å². The number of amides is 1. The molecule has 0 radical (unpaired) electrons. The molecule has 0 bridgehead atoms. The first kappa shape index (κ1) is 18.1. The summed E-state index contributed by atoms with van der Waals surface area (Å²) in [6.45, 7) is 0. The van der Waals surface area contributed by atoms with Gasteiger partial charge in [0.1, 0.15) is 5.01 Å². The minimum Gasteiger partial charge on any atom is -0.325 e. The van der Waals surface area contributed by atoms with Gasteiger partial charge in [-0.1, -0.05) is 52.3 Å². The quantitative estimate of drug-likeness (QED) is 0.374. The monoisotopic (exact) mass is 454 g/mol. The van der Waals surface area contributed by atoms with Gasteiger partial charge in [-0.2, -0.15) is 0 Å². The molecule has 3 nitrogen and oxygen atoms in total. The third-order valence-corrected chi connectivity index (χ3v) is 6.29. The smallest absolute Gasteiger partial charge is 0.230 e. The molecule has 0 fully saturated rings. The minimum atomic E-state index is -0.0647. The Morgan fingerprint density at radius 2 is 1.93 bits per heavy atom. The number of carbonyl (C=O) groups is 1. The van der Waals surface area contributed by atoms with Crippen LogP contribution in [0.5, 0.6) is 0 Å². The van der Waals surface area contributed by atoms with Crippen LogP contribution in [0.15, 0.2) is 75.9 Å². The molecule has 134 valence electrons. The average Bonchev–Trinajstić information content (AvgIpc) is 3.34. The Morgan fingerprint density at radius 3 is 2.74 bits per heavy atom. The summed E-state index contributed by atoms with van der Waals surface area (Å²) in [7, 11) is 0. The predicted octanol–water partition coefficient (Wildman–Crippen LogP) is 6.48. The SMILES string of the molecule is O=C(Cc1csc(-c2cccc(Br)c2)n1)Nc1ccccc1-c1cccs1. The van der Waals surface area contributed by atoms with Crippen molar-refractivity contribution in [3.05, 3.63) is 81.6 Å². The first-order chi connectivity index (χ1) is 13.2. The molecule has 4 aromatic rings. The van der Waals surface area contributed by atoms with Crippen LogP contribution in [0.2, 0.25) is 0 Å². The largest absolute Gasteiger partial charge is 0.325 e. The highest BCUT2D eigenvalue weighted by atomic mass is 79.9. The highest BCUT2D eigenvalue weighted by Crippen LogP contribution is 2.31. The van der Waals surface area contributed by atoms with Gasteiger partial charge in [0.25, 0.3) is 0 Å². The van der Waals surface area contributed by atoms with Crippen molar-refractivity contribution in [2.45, 2.75) is 6.42 Å². The van der Waals surface area contributed by atoms with E-state index in [0.717, 1.165) is 36.9 Å². The van der Waals surface area contributed by atoms with E-state index in [2.05, 4.69) is 32.3 Å². The lowest BCUT2D eigenvalue weighted by Crippen LogP contribution is -2.15. The maximum atomic E-state index is 12.6. The molecule has 0 saturated carbocycles. The van der Waals surface area contributed by atoms with E-state index in [1.165, 1.54) is 0 Å². The molecule has 0 spiro atoms. The summed E-state index contributed by atoms with van der Waals surface area (Å²) in [4.78, 5) is 18.3. The lowest BCUT2D eigenvalue weighted by atomic mass is 10.1. The molecular weight excluding hydrogens is 440 g/mol. The molecule has 6 heteroatoms. The van der Waals surface area contributed by atoms with Crippen LogP contribution in [0.1, 0.15) is 5.69 Å². The van der Waals surface area contributed by atoms with Crippen LogP contribution in [0.3, 0.4) is 0 Å². The summed E-state index contributed by atoms with van der Waals surface area (Å²) in [5.74, 6) is -0.0647. The van der Waals surface area contributed by atoms with Gasteiger partial charge in [-0.15, -0.1) is 22.7 Å². The highest BCUT2D eigenvalue weighted by molar-refractivity contribution is 9.10. The summed E-state index contributed by atoms with van der Waals surface area (Å²) >= 11 is 6.69. The number of hydrogen-bond acceptors (Lipinski definition) is 4. The second kappa shape index (κ2) is 8.17. The molecule has 0 saturated heterocycles. The van der Waals surface area contributed by atoms with Crippen molar-refractivity contribution in [3.63, 3.8) is 0 Å². The number of rotatable bonds is 5. The standard InChI is InChI=1S/C21H15BrN2OS2/c22-15-6-3-5-14(11-15)21-23-16(13-27-21)12-20(25)24-18-8-2-1-7-17(18)19-9-4-10-26-19/h1-11,13H,12H2,(H,24,25). The number of aromatic nitrogens is 1. The second-order valence-electron chi connectivity index (χ2n) is 5.90. The number of nitrogens with zero attached hydrogens (tertiary/aromatic N) is 1. The van der Waals surface area contributed by atoms with Gasteiger partial charge in [0.15, 0.2) is 0 Å². The highest BCUT2D eigenvalue weighted by Gasteiger charge is 2.12. The average molecular weight is 455 g/mol. The van der Waals surface area contributed by atoms with Gasteiger partial charge in [0, 0.05) is 31.5 Å². The van der Waals surface area contributed by atoms with Crippen molar-refractivity contribution >= 4 is 50.2 Å². The van der Waals surface area contributed by atoms with E-state index in [1.54, 1.807) is 22.7 Å². The molecule has 0 aliphatic rings. The fraction of sp³-hybridized carbons (Fsp3) is 0.0476. The topological polar surface area (TPSA) is 42.0 Å². The van der Waals surface area contributed by atoms with E-state index in [4.69, 9.17) is 0 Å².